The summed E-state index contributed by atoms with van der Waals surface area (Å²) in [4.78, 5) is 13.3. The van der Waals surface area contributed by atoms with Crippen molar-refractivity contribution >= 4 is 11.6 Å². The first-order valence-electron chi connectivity index (χ1n) is 7.93. The van der Waals surface area contributed by atoms with E-state index in [-0.39, 0.29) is 5.91 Å². The van der Waals surface area contributed by atoms with Gasteiger partial charge in [0.05, 0.1) is 14.2 Å². The molecular formula is C19H25N2O2+. The number of methoxy groups -OCH3 is 1. The Morgan fingerprint density at radius 2 is 1.87 bits per heavy atom. The van der Waals surface area contributed by atoms with E-state index in [0.717, 1.165) is 29.3 Å². The number of carbonyl (C=O) groups is 1. The van der Waals surface area contributed by atoms with Gasteiger partial charge in [0.2, 0.25) is 0 Å². The summed E-state index contributed by atoms with van der Waals surface area (Å²) in [6.45, 7) is 3.34. The summed E-state index contributed by atoms with van der Waals surface area (Å²) in [7, 11) is 3.68. The van der Waals surface area contributed by atoms with Crippen LogP contribution in [0.15, 0.2) is 48.5 Å². The van der Waals surface area contributed by atoms with Gasteiger partial charge in [-0.15, -0.1) is 0 Å². The van der Waals surface area contributed by atoms with Crippen molar-refractivity contribution in [2.24, 2.45) is 0 Å². The van der Waals surface area contributed by atoms with Gasteiger partial charge in [0.1, 0.15) is 12.3 Å². The van der Waals surface area contributed by atoms with Crippen LogP contribution in [0.25, 0.3) is 0 Å². The Balaban J connectivity index is 1.86. The van der Waals surface area contributed by atoms with Gasteiger partial charge in [-0.1, -0.05) is 19.1 Å². The maximum atomic E-state index is 12.2. The van der Waals surface area contributed by atoms with Gasteiger partial charge >= 0.3 is 0 Å². The van der Waals surface area contributed by atoms with E-state index in [4.69, 9.17) is 4.74 Å². The van der Waals surface area contributed by atoms with Gasteiger partial charge in [-0.2, -0.15) is 0 Å². The summed E-state index contributed by atoms with van der Waals surface area (Å²) in [6.07, 6.45) is 0.965. The van der Waals surface area contributed by atoms with Gasteiger partial charge in [-0.3, -0.25) is 4.79 Å². The fraction of sp³-hybridized carbons (Fsp3) is 0.316. The van der Waals surface area contributed by atoms with Gasteiger partial charge in [0.25, 0.3) is 5.91 Å². The molecule has 0 aromatic heterocycles. The average Bonchev–Trinajstić information content (AvgIpc) is 2.55. The van der Waals surface area contributed by atoms with Crippen LogP contribution in [0.3, 0.4) is 0 Å². The van der Waals surface area contributed by atoms with Crippen LogP contribution in [0.2, 0.25) is 0 Å². The second kappa shape index (κ2) is 8.34. The summed E-state index contributed by atoms with van der Waals surface area (Å²) >= 11 is 0. The van der Waals surface area contributed by atoms with Crippen molar-refractivity contribution in [2.45, 2.75) is 19.9 Å². The molecule has 4 heteroatoms. The Bertz CT molecular complexity index is 638. The van der Waals surface area contributed by atoms with E-state index in [1.165, 1.54) is 11.1 Å². The summed E-state index contributed by atoms with van der Waals surface area (Å²) in [6, 6.07) is 15.9. The molecule has 1 amide bonds. The highest BCUT2D eigenvalue weighted by Gasteiger charge is 2.11. The van der Waals surface area contributed by atoms with Crippen molar-refractivity contribution in [1.29, 1.82) is 0 Å². The Morgan fingerprint density at radius 3 is 2.52 bits per heavy atom. The number of nitrogens with one attached hydrogen (secondary N) is 2. The van der Waals surface area contributed by atoms with Crippen LogP contribution in [-0.2, 0) is 17.8 Å². The van der Waals surface area contributed by atoms with Crippen LogP contribution in [0, 0.1) is 0 Å². The molecule has 23 heavy (non-hydrogen) atoms. The number of amides is 1. The molecule has 0 aliphatic carbocycles. The molecule has 0 saturated carbocycles. The first-order chi connectivity index (χ1) is 11.1. The highest BCUT2D eigenvalue weighted by Crippen LogP contribution is 2.11. The number of likely N-dealkylation sites (N-methyl/N-ethyl adjacent to an activating group) is 1. The predicted octanol–water partition coefficient (Wildman–Crippen LogP) is 1.91. The van der Waals surface area contributed by atoms with E-state index in [2.05, 4.69) is 18.3 Å². The third kappa shape index (κ3) is 5.42. The second-order valence-electron chi connectivity index (χ2n) is 5.76. The molecule has 0 aliphatic rings. The topological polar surface area (TPSA) is 42.8 Å². The van der Waals surface area contributed by atoms with Crippen LogP contribution in [0.5, 0.6) is 5.75 Å². The summed E-state index contributed by atoms with van der Waals surface area (Å²) in [5.41, 5.74) is 3.28. The molecular weight excluding hydrogens is 288 g/mol. The minimum absolute atomic E-state index is 0.0317. The first kappa shape index (κ1) is 17.0. The molecule has 122 valence electrons. The maximum absolute atomic E-state index is 12.2. The molecule has 2 aromatic carbocycles. The van der Waals surface area contributed by atoms with Gasteiger partial charge in [0, 0.05) is 11.3 Å². The second-order valence-corrected chi connectivity index (χ2v) is 5.76. The lowest BCUT2D eigenvalue weighted by atomic mass is 10.1. The number of ether oxygens (including phenoxy) is 1. The Hall–Kier alpha value is -2.33. The summed E-state index contributed by atoms with van der Waals surface area (Å²) in [5, 5.41) is 2.97. The van der Waals surface area contributed by atoms with E-state index in [1.54, 1.807) is 7.11 Å². The zero-order valence-corrected chi connectivity index (χ0v) is 14.1. The average molecular weight is 313 g/mol. The lowest BCUT2D eigenvalue weighted by Crippen LogP contribution is -3.08. The maximum Gasteiger partial charge on any atom is 0.279 e. The summed E-state index contributed by atoms with van der Waals surface area (Å²) in [5.74, 6) is 0.879. The van der Waals surface area contributed by atoms with Gasteiger partial charge in [-0.05, 0) is 48.4 Å². The molecule has 0 spiro atoms. The molecule has 0 saturated heterocycles. The van der Waals surface area contributed by atoms with Gasteiger partial charge in [-0.25, -0.2) is 0 Å². The molecule has 4 nitrogen and oxygen atoms in total. The highest BCUT2D eigenvalue weighted by atomic mass is 16.5. The molecule has 0 bridgehead atoms. The zero-order valence-electron chi connectivity index (χ0n) is 14.1. The van der Waals surface area contributed by atoms with Crippen LogP contribution in [-0.4, -0.2) is 26.6 Å². The number of aryl methyl sites for hydroxylation is 1. The van der Waals surface area contributed by atoms with Crippen molar-refractivity contribution in [3.05, 3.63) is 59.7 Å². The number of quaternary nitrogens is 1. The van der Waals surface area contributed by atoms with Crippen molar-refractivity contribution in [3.8, 4) is 5.75 Å². The molecule has 2 rings (SSSR count). The first-order valence-corrected chi connectivity index (χ1v) is 7.93. The van der Waals surface area contributed by atoms with Crippen LogP contribution >= 0.6 is 0 Å². The van der Waals surface area contributed by atoms with Crippen molar-refractivity contribution in [3.63, 3.8) is 0 Å². The quantitative estimate of drug-likeness (QED) is 0.820. The van der Waals surface area contributed by atoms with E-state index in [0.29, 0.717) is 6.54 Å². The standard InChI is InChI=1S/C19H24N2O2/c1-4-15-6-5-7-17(12-15)20-19(22)14-21(2)13-16-8-10-18(23-3)11-9-16/h5-12H,4,13-14H2,1-3H3,(H,20,22)/p+1. The lowest BCUT2D eigenvalue weighted by Gasteiger charge is -2.14. The molecule has 0 fully saturated rings. The van der Waals surface area contributed by atoms with Crippen molar-refractivity contribution in [2.75, 3.05) is 26.0 Å². The van der Waals surface area contributed by atoms with Gasteiger partial charge in [0.15, 0.2) is 6.54 Å². The smallest absolute Gasteiger partial charge is 0.279 e. The minimum atomic E-state index is 0.0317. The minimum Gasteiger partial charge on any atom is -0.497 e. The number of carbonyl (C=O) groups excluding carboxylic acids is 1. The monoisotopic (exact) mass is 313 g/mol. The number of benzene rings is 2. The Kier molecular flexibility index (Phi) is 6.18. The predicted molar refractivity (Wildman–Crippen MR) is 92.9 cm³/mol. The fourth-order valence-electron chi connectivity index (χ4n) is 2.50. The van der Waals surface area contributed by atoms with Crippen LogP contribution in [0.1, 0.15) is 18.1 Å². The number of hydrogen-bond donors (Lipinski definition) is 2. The third-order valence-electron chi connectivity index (χ3n) is 3.75. The van der Waals surface area contributed by atoms with E-state index < -0.39 is 0 Å². The van der Waals surface area contributed by atoms with Crippen LogP contribution < -0.4 is 15.0 Å². The molecule has 1 unspecified atom stereocenters. The highest BCUT2D eigenvalue weighted by molar-refractivity contribution is 5.91. The molecule has 1 atom stereocenters. The molecule has 0 aliphatic heterocycles. The largest absolute Gasteiger partial charge is 0.497 e. The van der Waals surface area contributed by atoms with E-state index in [1.807, 2.05) is 49.5 Å². The van der Waals surface area contributed by atoms with Gasteiger partial charge < -0.3 is 15.0 Å². The number of rotatable bonds is 7. The third-order valence-corrected chi connectivity index (χ3v) is 3.75. The molecule has 0 heterocycles. The van der Waals surface area contributed by atoms with E-state index in [9.17, 15) is 4.79 Å². The summed E-state index contributed by atoms with van der Waals surface area (Å²) < 4.78 is 5.15. The lowest BCUT2D eigenvalue weighted by molar-refractivity contribution is -0.885. The number of hydrogen-bond acceptors (Lipinski definition) is 2. The van der Waals surface area contributed by atoms with E-state index >= 15 is 0 Å². The Morgan fingerprint density at radius 1 is 1.13 bits per heavy atom. The zero-order chi connectivity index (χ0) is 16.7. The molecule has 2 N–H and O–H groups in total. The van der Waals surface area contributed by atoms with Crippen molar-refractivity contribution in [1.82, 2.24) is 0 Å². The SMILES string of the molecule is CCc1cccc(NC(=O)C[NH+](C)Cc2ccc(OC)cc2)c1. The fourth-order valence-corrected chi connectivity index (χ4v) is 2.50. The normalized spacial score (nSPS) is 11.8. The number of anilines is 1. The molecule has 0 radical (unpaired) electrons. The molecule has 2 aromatic rings. The van der Waals surface area contributed by atoms with Crippen molar-refractivity contribution < 1.29 is 14.4 Å². The van der Waals surface area contributed by atoms with Crippen LogP contribution in [0.4, 0.5) is 5.69 Å². The Labute approximate surface area is 138 Å².